The van der Waals surface area contributed by atoms with E-state index in [9.17, 15) is 8.42 Å². The van der Waals surface area contributed by atoms with Gasteiger partial charge in [0.2, 0.25) is 0 Å². The summed E-state index contributed by atoms with van der Waals surface area (Å²) >= 11 is 0. The molecule has 0 saturated carbocycles. The third-order valence-corrected chi connectivity index (χ3v) is 5.04. The first kappa shape index (κ1) is 17.1. The van der Waals surface area contributed by atoms with Crippen molar-refractivity contribution in [3.63, 3.8) is 0 Å². The lowest BCUT2D eigenvalue weighted by atomic mass is 10.0. The number of hydrogen-bond acceptors (Lipinski definition) is 4. The van der Waals surface area contributed by atoms with Gasteiger partial charge in [0.05, 0.1) is 16.8 Å². The van der Waals surface area contributed by atoms with Gasteiger partial charge in [-0.15, -0.1) is 0 Å². The van der Waals surface area contributed by atoms with Crippen LogP contribution in [0.2, 0.25) is 0 Å². The van der Waals surface area contributed by atoms with Crippen molar-refractivity contribution in [1.82, 2.24) is 0 Å². The Labute approximate surface area is 122 Å². The Balaban J connectivity index is 2.73. The third-order valence-electron chi connectivity index (χ3n) is 3.28. The van der Waals surface area contributed by atoms with E-state index in [1.54, 1.807) is 12.1 Å². The molecule has 0 spiro atoms. The summed E-state index contributed by atoms with van der Waals surface area (Å²) in [5, 5.41) is 0. The first-order chi connectivity index (χ1) is 9.40. The van der Waals surface area contributed by atoms with E-state index in [1.165, 1.54) is 0 Å². The van der Waals surface area contributed by atoms with E-state index >= 15 is 0 Å². The maximum atomic E-state index is 12.2. The molecule has 0 aliphatic heterocycles. The van der Waals surface area contributed by atoms with Crippen molar-refractivity contribution in [2.24, 2.45) is 5.73 Å². The number of benzene rings is 1. The van der Waals surface area contributed by atoms with E-state index in [2.05, 4.69) is 13.8 Å². The maximum absolute atomic E-state index is 12.2. The van der Waals surface area contributed by atoms with Crippen molar-refractivity contribution in [1.29, 1.82) is 0 Å². The van der Waals surface area contributed by atoms with Gasteiger partial charge < -0.3 is 10.5 Å². The molecule has 1 aromatic carbocycles. The van der Waals surface area contributed by atoms with E-state index < -0.39 is 9.84 Å². The first-order valence-electron chi connectivity index (χ1n) is 7.05. The number of nitrogens with two attached hydrogens (primary N) is 1. The molecule has 2 N–H and O–H groups in total. The van der Waals surface area contributed by atoms with E-state index in [-0.39, 0.29) is 11.9 Å². The summed E-state index contributed by atoms with van der Waals surface area (Å²) in [6.45, 7) is 6.93. The van der Waals surface area contributed by atoms with Crippen molar-refractivity contribution in [3.05, 3.63) is 29.8 Å². The molecule has 1 aromatic rings. The molecule has 0 amide bonds. The van der Waals surface area contributed by atoms with Crippen LogP contribution in [0.15, 0.2) is 29.2 Å². The van der Waals surface area contributed by atoms with Gasteiger partial charge >= 0.3 is 0 Å². The Bertz CT molecular complexity index is 494. The molecule has 1 unspecified atom stereocenters. The predicted molar refractivity (Wildman–Crippen MR) is 81.7 cm³/mol. The van der Waals surface area contributed by atoms with Crippen LogP contribution in [-0.2, 0) is 14.6 Å². The zero-order chi connectivity index (χ0) is 15.2. The topological polar surface area (TPSA) is 69.4 Å². The second-order valence-electron chi connectivity index (χ2n) is 5.14. The summed E-state index contributed by atoms with van der Waals surface area (Å²) < 4.78 is 29.9. The number of rotatable bonds is 8. The van der Waals surface area contributed by atoms with Gasteiger partial charge in [-0.05, 0) is 37.0 Å². The smallest absolute Gasteiger partial charge is 0.178 e. The Kier molecular flexibility index (Phi) is 6.65. The minimum atomic E-state index is -3.26. The predicted octanol–water partition coefficient (Wildman–Crippen LogP) is 2.34. The molecule has 0 bridgehead atoms. The number of sulfone groups is 1. The van der Waals surface area contributed by atoms with Crippen LogP contribution in [0.1, 0.15) is 38.7 Å². The van der Waals surface area contributed by atoms with Crippen LogP contribution in [0.4, 0.5) is 0 Å². The fourth-order valence-corrected chi connectivity index (χ4v) is 3.33. The van der Waals surface area contributed by atoms with Crippen LogP contribution in [0, 0.1) is 0 Å². The molecule has 0 aliphatic carbocycles. The number of hydrogen-bond donors (Lipinski definition) is 1. The van der Waals surface area contributed by atoms with Gasteiger partial charge in [0.25, 0.3) is 0 Å². The lowest BCUT2D eigenvalue weighted by Gasteiger charge is -2.15. The maximum Gasteiger partial charge on any atom is 0.178 e. The molecular formula is C15H25NO3S. The van der Waals surface area contributed by atoms with Gasteiger partial charge in [0.1, 0.15) is 0 Å². The summed E-state index contributed by atoms with van der Waals surface area (Å²) in [4.78, 5) is 0.370. The Hall–Kier alpha value is -0.910. The van der Waals surface area contributed by atoms with Crippen LogP contribution in [0.3, 0.4) is 0 Å². The molecule has 0 aliphatic rings. The third kappa shape index (κ3) is 4.89. The highest BCUT2D eigenvalue weighted by atomic mass is 32.2. The second-order valence-corrected chi connectivity index (χ2v) is 7.25. The van der Waals surface area contributed by atoms with Crippen molar-refractivity contribution >= 4 is 9.84 Å². The SMILES string of the molecule is CCOC(CN)CCS(=O)(=O)c1ccc(C(C)C)cc1. The average Bonchev–Trinajstić information content (AvgIpc) is 2.43. The van der Waals surface area contributed by atoms with Crippen LogP contribution in [0.25, 0.3) is 0 Å². The summed E-state index contributed by atoms with van der Waals surface area (Å²) in [5.74, 6) is 0.460. The summed E-state index contributed by atoms with van der Waals surface area (Å²) in [6.07, 6.45) is 0.239. The Morgan fingerprint density at radius 1 is 1.20 bits per heavy atom. The van der Waals surface area contributed by atoms with Gasteiger partial charge in [-0.1, -0.05) is 26.0 Å². The van der Waals surface area contributed by atoms with E-state index in [1.807, 2.05) is 19.1 Å². The highest BCUT2D eigenvalue weighted by Crippen LogP contribution is 2.19. The zero-order valence-electron chi connectivity index (χ0n) is 12.5. The highest BCUT2D eigenvalue weighted by Gasteiger charge is 2.17. The first-order valence-corrected chi connectivity index (χ1v) is 8.70. The molecule has 0 radical (unpaired) electrons. The van der Waals surface area contributed by atoms with Crippen LogP contribution >= 0.6 is 0 Å². The Morgan fingerprint density at radius 3 is 2.25 bits per heavy atom. The van der Waals surface area contributed by atoms with Gasteiger partial charge in [-0.25, -0.2) is 8.42 Å². The fraction of sp³-hybridized carbons (Fsp3) is 0.600. The number of ether oxygens (including phenoxy) is 1. The van der Waals surface area contributed by atoms with Crippen LogP contribution in [0.5, 0.6) is 0 Å². The molecule has 1 atom stereocenters. The summed E-state index contributed by atoms with van der Waals surface area (Å²) in [7, 11) is -3.26. The molecule has 5 heteroatoms. The lowest BCUT2D eigenvalue weighted by Crippen LogP contribution is -2.26. The largest absolute Gasteiger partial charge is 0.377 e. The average molecular weight is 299 g/mol. The molecule has 0 saturated heterocycles. The molecular weight excluding hydrogens is 274 g/mol. The van der Waals surface area contributed by atoms with E-state index in [0.29, 0.717) is 30.4 Å². The minimum absolute atomic E-state index is 0.0654. The zero-order valence-corrected chi connectivity index (χ0v) is 13.3. The highest BCUT2D eigenvalue weighted by molar-refractivity contribution is 7.91. The van der Waals surface area contributed by atoms with Crippen molar-refractivity contribution in [2.75, 3.05) is 18.9 Å². The van der Waals surface area contributed by atoms with E-state index in [0.717, 1.165) is 5.56 Å². The standard InChI is InChI=1S/C15H25NO3S/c1-4-19-14(11-16)9-10-20(17,18)15-7-5-13(6-8-15)12(2)3/h5-8,12,14H,4,9-11,16H2,1-3H3. The van der Waals surface area contributed by atoms with Gasteiger partial charge in [-0.2, -0.15) is 0 Å². The summed E-state index contributed by atoms with van der Waals surface area (Å²) in [5.41, 5.74) is 6.70. The van der Waals surface area contributed by atoms with Gasteiger partial charge in [0.15, 0.2) is 9.84 Å². The van der Waals surface area contributed by atoms with E-state index in [4.69, 9.17) is 10.5 Å². The van der Waals surface area contributed by atoms with Crippen LogP contribution in [-0.4, -0.2) is 33.4 Å². The van der Waals surface area contributed by atoms with Crippen molar-refractivity contribution in [2.45, 2.75) is 44.1 Å². The van der Waals surface area contributed by atoms with Gasteiger partial charge in [0, 0.05) is 13.2 Å². The van der Waals surface area contributed by atoms with Crippen molar-refractivity contribution < 1.29 is 13.2 Å². The lowest BCUT2D eigenvalue weighted by molar-refractivity contribution is 0.0671. The van der Waals surface area contributed by atoms with Gasteiger partial charge in [-0.3, -0.25) is 0 Å². The molecule has 1 rings (SSSR count). The minimum Gasteiger partial charge on any atom is -0.377 e. The molecule has 0 heterocycles. The molecule has 20 heavy (non-hydrogen) atoms. The summed E-state index contributed by atoms with van der Waals surface area (Å²) in [6, 6.07) is 7.12. The molecule has 0 aromatic heterocycles. The fourth-order valence-electron chi connectivity index (χ4n) is 1.97. The van der Waals surface area contributed by atoms with Crippen LogP contribution < -0.4 is 5.73 Å². The molecule has 0 fully saturated rings. The monoisotopic (exact) mass is 299 g/mol. The Morgan fingerprint density at radius 2 is 1.80 bits per heavy atom. The molecule has 114 valence electrons. The molecule has 4 nitrogen and oxygen atoms in total. The quantitative estimate of drug-likeness (QED) is 0.800. The second kappa shape index (κ2) is 7.76. The van der Waals surface area contributed by atoms with Crippen molar-refractivity contribution in [3.8, 4) is 0 Å². The normalized spacial score (nSPS) is 13.7.